The summed E-state index contributed by atoms with van der Waals surface area (Å²) in [7, 11) is -4.31. The van der Waals surface area contributed by atoms with E-state index < -0.39 is 40.4 Å². The molecule has 0 aliphatic carbocycles. The highest BCUT2D eigenvalue weighted by Crippen LogP contribution is 2.30. The topological polar surface area (TPSA) is 119 Å². The van der Waals surface area contributed by atoms with Crippen molar-refractivity contribution < 1.29 is 32.0 Å². The zero-order chi connectivity index (χ0) is 25.7. The molecular formula is C27H27NO7S. The molecule has 1 heterocycles. The molecule has 1 saturated heterocycles. The lowest BCUT2D eigenvalue weighted by Gasteiger charge is -2.36. The number of aliphatic hydroxyl groups excluding tert-OH is 1. The summed E-state index contributed by atoms with van der Waals surface area (Å²) in [6.45, 7) is 1.81. The number of β-lactam (4-membered cyclic amide) rings is 1. The van der Waals surface area contributed by atoms with Gasteiger partial charge in [-0.2, -0.15) is 8.42 Å². The predicted molar refractivity (Wildman–Crippen MR) is 131 cm³/mol. The van der Waals surface area contributed by atoms with Gasteiger partial charge in [-0.1, -0.05) is 78.4 Å². The molecule has 36 heavy (non-hydrogen) atoms. The number of aliphatic hydroxyl groups is 1. The smallest absolute Gasteiger partial charge is 0.307 e. The Morgan fingerprint density at radius 1 is 0.972 bits per heavy atom. The minimum Gasteiger partial charge on any atom is -0.453 e. The number of rotatable bonds is 10. The van der Waals surface area contributed by atoms with Crippen molar-refractivity contribution in [2.45, 2.75) is 43.1 Å². The molecule has 9 heteroatoms. The number of hydrogen-bond acceptors (Lipinski definition) is 7. The second-order valence-corrected chi connectivity index (χ2v) is 10.3. The van der Waals surface area contributed by atoms with Crippen LogP contribution < -0.4 is 5.32 Å². The van der Waals surface area contributed by atoms with E-state index in [0.717, 1.165) is 16.7 Å². The molecule has 3 aromatic carbocycles. The zero-order valence-corrected chi connectivity index (χ0v) is 20.4. The van der Waals surface area contributed by atoms with Gasteiger partial charge in [0.25, 0.3) is 10.1 Å². The minimum atomic E-state index is -4.31. The van der Waals surface area contributed by atoms with Crippen LogP contribution in [0.2, 0.25) is 0 Å². The molecule has 3 unspecified atom stereocenters. The second-order valence-electron chi connectivity index (χ2n) is 8.69. The summed E-state index contributed by atoms with van der Waals surface area (Å²) in [5.41, 5.74) is 2.37. The molecule has 3 atom stereocenters. The van der Waals surface area contributed by atoms with E-state index in [1.54, 1.807) is 12.1 Å². The quantitative estimate of drug-likeness (QED) is 0.186. The molecule has 2 N–H and O–H groups in total. The van der Waals surface area contributed by atoms with Gasteiger partial charge < -0.3 is 15.2 Å². The highest BCUT2D eigenvalue weighted by atomic mass is 32.2. The van der Waals surface area contributed by atoms with Gasteiger partial charge in [0.15, 0.2) is 12.4 Å². The van der Waals surface area contributed by atoms with Crippen LogP contribution in [-0.4, -0.2) is 37.7 Å². The van der Waals surface area contributed by atoms with E-state index >= 15 is 0 Å². The Bertz CT molecular complexity index is 1250. The monoisotopic (exact) mass is 509 g/mol. The summed E-state index contributed by atoms with van der Waals surface area (Å²) in [6.07, 6.45) is -2.91. The summed E-state index contributed by atoms with van der Waals surface area (Å²) < 4.78 is 36.3. The van der Waals surface area contributed by atoms with Crippen molar-refractivity contribution in [2.75, 3.05) is 0 Å². The number of carbonyl (C=O) groups is 2. The fourth-order valence-corrected chi connectivity index (χ4v) is 4.99. The molecule has 1 amide bonds. The first-order valence-electron chi connectivity index (χ1n) is 11.5. The van der Waals surface area contributed by atoms with Crippen molar-refractivity contribution in [3.05, 3.63) is 102 Å². The zero-order valence-electron chi connectivity index (χ0n) is 19.6. The summed E-state index contributed by atoms with van der Waals surface area (Å²) in [5, 5.41) is 13.3. The molecule has 0 spiro atoms. The molecule has 0 bridgehead atoms. The van der Waals surface area contributed by atoms with Gasteiger partial charge in [0.1, 0.15) is 0 Å². The van der Waals surface area contributed by atoms with Crippen LogP contribution in [-0.2, 0) is 28.6 Å². The van der Waals surface area contributed by atoms with E-state index in [1.165, 1.54) is 12.1 Å². The molecular weight excluding hydrogens is 482 g/mol. The maximum Gasteiger partial charge on any atom is 0.307 e. The van der Waals surface area contributed by atoms with Gasteiger partial charge in [-0.3, -0.25) is 9.59 Å². The van der Waals surface area contributed by atoms with Gasteiger partial charge in [0, 0.05) is 18.4 Å². The molecule has 1 aliphatic rings. The number of aryl methyl sites for hydroxylation is 1. The number of esters is 1. The Morgan fingerprint density at radius 2 is 1.50 bits per heavy atom. The molecule has 0 saturated carbocycles. The van der Waals surface area contributed by atoms with E-state index in [1.807, 2.05) is 67.6 Å². The normalized spacial score (nSPS) is 17.1. The van der Waals surface area contributed by atoms with Crippen molar-refractivity contribution in [3.8, 4) is 0 Å². The third kappa shape index (κ3) is 6.17. The van der Waals surface area contributed by atoms with Crippen LogP contribution in [0.3, 0.4) is 0 Å². The summed E-state index contributed by atoms with van der Waals surface area (Å²) >= 11 is 0. The average Bonchev–Trinajstić information content (AvgIpc) is 2.85. The van der Waals surface area contributed by atoms with E-state index in [2.05, 4.69) is 5.32 Å². The molecule has 0 aromatic heterocycles. The Morgan fingerprint density at radius 3 is 2.00 bits per heavy atom. The lowest BCUT2D eigenvalue weighted by Crippen LogP contribution is -2.56. The van der Waals surface area contributed by atoms with Gasteiger partial charge in [-0.25, -0.2) is 4.18 Å². The minimum absolute atomic E-state index is 0.0315. The summed E-state index contributed by atoms with van der Waals surface area (Å²) in [5.74, 6) is -1.98. The van der Waals surface area contributed by atoms with Gasteiger partial charge in [0.2, 0.25) is 5.91 Å². The van der Waals surface area contributed by atoms with Crippen molar-refractivity contribution in [1.82, 2.24) is 5.32 Å². The SMILES string of the molecule is Cc1ccc(S(=O)(=O)OC(O)C(CC(=O)OC(c2ccccc2)c2ccccc2)C2CC(=O)N2)cc1. The standard InChI is InChI=1S/C27H27NO7S/c1-18-12-14-21(15-13-18)36(32,33)35-27(31)22(23-17-24(29)28-23)16-25(30)34-26(19-8-4-2-5-9-19)20-10-6-3-7-11-20/h2-15,22-23,26-27,31H,16-17H2,1H3,(H,28,29). The van der Waals surface area contributed by atoms with Crippen molar-refractivity contribution >= 4 is 22.0 Å². The van der Waals surface area contributed by atoms with Crippen LogP contribution in [0.5, 0.6) is 0 Å². The number of carbonyl (C=O) groups excluding carboxylic acids is 2. The summed E-state index contributed by atoms with van der Waals surface area (Å²) in [6, 6.07) is 23.7. The molecule has 8 nitrogen and oxygen atoms in total. The lowest BCUT2D eigenvalue weighted by atomic mass is 9.88. The highest BCUT2D eigenvalue weighted by molar-refractivity contribution is 7.86. The van der Waals surface area contributed by atoms with Gasteiger partial charge in [-0.15, -0.1) is 0 Å². The number of benzene rings is 3. The van der Waals surface area contributed by atoms with Crippen LogP contribution in [0.1, 0.15) is 35.6 Å². The Kier molecular flexibility index (Phi) is 7.83. The first kappa shape index (κ1) is 25.6. The Balaban J connectivity index is 1.51. The van der Waals surface area contributed by atoms with Crippen molar-refractivity contribution in [3.63, 3.8) is 0 Å². The van der Waals surface area contributed by atoms with Crippen LogP contribution in [0.4, 0.5) is 0 Å². The third-order valence-corrected chi connectivity index (χ3v) is 7.33. The van der Waals surface area contributed by atoms with Crippen LogP contribution in [0.15, 0.2) is 89.8 Å². The maximum absolute atomic E-state index is 13.1. The van der Waals surface area contributed by atoms with E-state index in [4.69, 9.17) is 8.92 Å². The van der Waals surface area contributed by atoms with Gasteiger partial charge in [-0.05, 0) is 30.2 Å². The Labute approximate surface area is 210 Å². The van der Waals surface area contributed by atoms with Gasteiger partial charge >= 0.3 is 5.97 Å². The number of ether oxygens (including phenoxy) is 1. The maximum atomic E-state index is 13.1. The first-order chi connectivity index (χ1) is 17.2. The lowest BCUT2D eigenvalue weighted by molar-refractivity contribution is -0.156. The van der Waals surface area contributed by atoms with Crippen LogP contribution in [0, 0.1) is 12.8 Å². The first-order valence-corrected chi connectivity index (χ1v) is 12.9. The fourth-order valence-electron chi connectivity index (χ4n) is 4.00. The van der Waals surface area contributed by atoms with Crippen LogP contribution >= 0.6 is 0 Å². The predicted octanol–water partition coefficient (Wildman–Crippen LogP) is 3.25. The highest BCUT2D eigenvalue weighted by Gasteiger charge is 2.41. The molecule has 188 valence electrons. The molecule has 4 rings (SSSR count). The third-order valence-electron chi connectivity index (χ3n) is 6.03. The number of nitrogens with one attached hydrogen (secondary N) is 1. The largest absolute Gasteiger partial charge is 0.453 e. The number of amides is 1. The van der Waals surface area contributed by atoms with Gasteiger partial charge in [0.05, 0.1) is 11.3 Å². The van der Waals surface area contributed by atoms with E-state index in [-0.39, 0.29) is 23.6 Å². The Hall–Kier alpha value is -3.53. The average molecular weight is 510 g/mol. The van der Waals surface area contributed by atoms with E-state index in [9.17, 15) is 23.1 Å². The van der Waals surface area contributed by atoms with Crippen molar-refractivity contribution in [2.24, 2.45) is 5.92 Å². The van der Waals surface area contributed by atoms with Crippen molar-refractivity contribution in [1.29, 1.82) is 0 Å². The van der Waals surface area contributed by atoms with E-state index in [0.29, 0.717) is 0 Å². The second kappa shape index (κ2) is 11.0. The fraction of sp³-hybridized carbons (Fsp3) is 0.259. The summed E-state index contributed by atoms with van der Waals surface area (Å²) in [4.78, 5) is 24.5. The number of hydrogen-bond donors (Lipinski definition) is 2. The molecule has 1 aliphatic heterocycles. The molecule has 3 aromatic rings. The molecule has 1 fully saturated rings. The van der Waals surface area contributed by atoms with Crippen LogP contribution in [0.25, 0.3) is 0 Å². The molecule has 0 radical (unpaired) electrons.